The van der Waals surface area contributed by atoms with Crippen LogP contribution >= 0.6 is 27.3 Å². The van der Waals surface area contributed by atoms with Crippen LogP contribution in [-0.2, 0) is 4.74 Å². The Morgan fingerprint density at radius 3 is 2.59 bits per heavy atom. The van der Waals surface area contributed by atoms with Gasteiger partial charge in [0.2, 0.25) is 0 Å². The topological polar surface area (TPSA) is 46.5 Å². The standard InChI is InChI=1S/C12H9BrO3S/c1-16-12(15)11-9(14)8(13)10(17-11)7-5-3-2-4-6-7/h2-6,14H,1H3. The molecule has 5 heteroatoms. The van der Waals surface area contributed by atoms with Crippen molar-refractivity contribution in [2.75, 3.05) is 7.11 Å². The van der Waals surface area contributed by atoms with Crippen LogP contribution in [0.5, 0.6) is 5.75 Å². The SMILES string of the molecule is COC(=O)c1sc(-c2ccccc2)c(Br)c1O. The van der Waals surface area contributed by atoms with Crippen LogP contribution in [0.4, 0.5) is 0 Å². The van der Waals surface area contributed by atoms with Crippen molar-refractivity contribution in [3.05, 3.63) is 39.7 Å². The first-order valence-corrected chi connectivity index (χ1v) is 6.41. The number of esters is 1. The molecule has 1 heterocycles. The Balaban J connectivity index is 2.54. The summed E-state index contributed by atoms with van der Waals surface area (Å²) in [7, 11) is 1.29. The number of aromatic hydroxyl groups is 1. The van der Waals surface area contributed by atoms with Gasteiger partial charge in [0.15, 0.2) is 10.6 Å². The van der Waals surface area contributed by atoms with E-state index in [9.17, 15) is 9.90 Å². The van der Waals surface area contributed by atoms with Crippen LogP contribution in [0.25, 0.3) is 10.4 Å². The molecule has 2 rings (SSSR count). The van der Waals surface area contributed by atoms with Gasteiger partial charge in [-0.25, -0.2) is 4.79 Å². The zero-order valence-electron chi connectivity index (χ0n) is 8.94. The van der Waals surface area contributed by atoms with Crippen molar-refractivity contribution in [3.63, 3.8) is 0 Å². The molecule has 0 saturated carbocycles. The highest BCUT2D eigenvalue weighted by Crippen LogP contribution is 2.44. The highest BCUT2D eigenvalue weighted by atomic mass is 79.9. The number of carbonyl (C=O) groups is 1. The van der Waals surface area contributed by atoms with Gasteiger partial charge in [-0.05, 0) is 21.5 Å². The van der Waals surface area contributed by atoms with Crippen molar-refractivity contribution in [3.8, 4) is 16.2 Å². The van der Waals surface area contributed by atoms with E-state index in [1.165, 1.54) is 18.4 Å². The van der Waals surface area contributed by atoms with E-state index in [1.807, 2.05) is 30.3 Å². The molecule has 0 atom stereocenters. The number of hydrogen-bond acceptors (Lipinski definition) is 4. The van der Waals surface area contributed by atoms with E-state index in [-0.39, 0.29) is 10.6 Å². The van der Waals surface area contributed by atoms with Gasteiger partial charge in [0.1, 0.15) is 0 Å². The fourth-order valence-corrected chi connectivity index (χ4v) is 3.22. The van der Waals surface area contributed by atoms with Gasteiger partial charge in [-0.1, -0.05) is 30.3 Å². The molecular formula is C12H9BrO3S. The molecule has 0 fully saturated rings. The Hall–Kier alpha value is -1.33. The molecule has 0 aliphatic rings. The first kappa shape index (κ1) is 12.1. The number of ether oxygens (including phenoxy) is 1. The number of carbonyl (C=O) groups excluding carboxylic acids is 1. The molecule has 0 radical (unpaired) electrons. The number of benzene rings is 1. The van der Waals surface area contributed by atoms with E-state index < -0.39 is 5.97 Å². The van der Waals surface area contributed by atoms with Gasteiger partial charge in [0.05, 0.1) is 16.5 Å². The largest absolute Gasteiger partial charge is 0.505 e. The van der Waals surface area contributed by atoms with Crippen molar-refractivity contribution in [1.29, 1.82) is 0 Å². The van der Waals surface area contributed by atoms with Crippen LogP contribution < -0.4 is 0 Å². The summed E-state index contributed by atoms with van der Waals surface area (Å²) in [5.74, 6) is -0.601. The van der Waals surface area contributed by atoms with Crippen LogP contribution in [0.3, 0.4) is 0 Å². The van der Waals surface area contributed by atoms with Gasteiger partial charge in [-0.15, -0.1) is 11.3 Å². The zero-order valence-corrected chi connectivity index (χ0v) is 11.3. The fraction of sp³-hybridized carbons (Fsp3) is 0.0833. The summed E-state index contributed by atoms with van der Waals surface area (Å²) < 4.78 is 5.13. The molecular weight excluding hydrogens is 304 g/mol. The second kappa shape index (κ2) is 4.89. The van der Waals surface area contributed by atoms with Crippen LogP contribution in [0.2, 0.25) is 0 Å². The Labute approximate surface area is 111 Å². The third-order valence-electron chi connectivity index (χ3n) is 2.23. The van der Waals surface area contributed by atoms with Crippen LogP contribution in [0.15, 0.2) is 34.8 Å². The molecule has 1 aromatic carbocycles. The first-order chi connectivity index (χ1) is 8.15. The van der Waals surface area contributed by atoms with Crippen LogP contribution in [-0.4, -0.2) is 18.2 Å². The Morgan fingerprint density at radius 1 is 1.35 bits per heavy atom. The van der Waals surface area contributed by atoms with E-state index in [1.54, 1.807) is 0 Å². The molecule has 3 nitrogen and oxygen atoms in total. The van der Waals surface area contributed by atoms with E-state index >= 15 is 0 Å². The molecule has 0 saturated heterocycles. The van der Waals surface area contributed by atoms with Gasteiger partial charge in [-0.2, -0.15) is 0 Å². The average molecular weight is 313 g/mol. The quantitative estimate of drug-likeness (QED) is 0.861. The summed E-state index contributed by atoms with van der Waals surface area (Å²) in [6, 6.07) is 9.53. The summed E-state index contributed by atoms with van der Waals surface area (Å²) >= 11 is 4.49. The number of halogens is 1. The maximum absolute atomic E-state index is 11.4. The lowest BCUT2D eigenvalue weighted by Gasteiger charge is -1.96. The van der Waals surface area contributed by atoms with Crippen LogP contribution in [0, 0.1) is 0 Å². The maximum atomic E-state index is 11.4. The van der Waals surface area contributed by atoms with Crippen molar-refractivity contribution in [2.24, 2.45) is 0 Å². The summed E-state index contributed by atoms with van der Waals surface area (Å²) in [5.41, 5.74) is 0.940. The molecule has 2 aromatic rings. The van der Waals surface area contributed by atoms with E-state index in [2.05, 4.69) is 20.7 Å². The predicted octanol–water partition coefficient (Wildman–Crippen LogP) is 3.67. The highest BCUT2D eigenvalue weighted by Gasteiger charge is 2.22. The molecule has 0 spiro atoms. The van der Waals surface area contributed by atoms with Gasteiger partial charge in [-0.3, -0.25) is 0 Å². The lowest BCUT2D eigenvalue weighted by Crippen LogP contribution is -1.97. The minimum Gasteiger partial charge on any atom is -0.505 e. The normalized spacial score (nSPS) is 10.2. The second-order valence-electron chi connectivity index (χ2n) is 3.28. The van der Waals surface area contributed by atoms with E-state index in [4.69, 9.17) is 0 Å². The molecule has 88 valence electrons. The van der Waals surface area contributed by atoms with Crippen molar-refractivity contribution in [2.45, 2.75) is 0 Å². The number of thiophene rings is 1. The monoisotopic (exact) mass is 312 g/mol. The average Bonchev–Trinajstić information content (AvgIpc) is 2.67. The highest BCUT2D eigenvalue weighted by molar-refractivity contribution is 9.10. The Bertz CT molecular complexity index is 548. The molecule has 17 heavy (non-hydrogen) atoms. The number of hydrogen-bond donors (Lipinski definition) is 1. The fourth-order valence-electron chi connectivity index (χ4n) is 1.41. The molecule has 0 bridgehead atoms. The van der Waals surface area contributed by atoms with Crippen molar-refractivity contribution < 1.29 is 14.6 Å². The summed E-state index contributed by atoms with van der Waals surface area (Å²) in [5, 5.41) is 9.84. The van der Waals surface area contributed by atoms with Crippen molar-refractivity contribution in [1.82, 2.24) is 0 Å². The summed E-state index contributed by atoms with van der Waals surface area (Å²) in [4.78, 5) is 12.5. The first-order valence-electron chi connectivity index (χ1n) is 4.80. The lowest BCUT2D eigenvalue weighted by atomic mass is 10.2. The van der Waals surface area contributed by atoms with Crippen molar-refractivity contribution >= 4 is 33.2 Å². The molecule has 1 aromatic heterocycles. The van der Waals surface area contributed by atoms with Gasteiger partial charge < -0.3 is 9.84 Å². The van der Waals surface area contributed by atoms with Gasteiger partial charge in [0.25, 0.3) is 0 Å². The smallest absolute Gasteiger partial charge is 0.351 e. The number of rotatable bonds is 2. The predicted molar refractivity (Wildman–Crippen MR) is 70.5 cm³/mol. The van der Waals surface area contributed by atoms with Gasteiger partial charge >= 0.3 is 5.97 Å². The number of methoxy groups -OCH3 is 1. The van der Waals surface area contributed by atoms with Gasteiger partial charge in [0, 0.05) is 0 Å². The summed E-state index contributed by atoms with van der Waals surface area (Å²) in [6.45, 7) is 0. The zero-order chi connectivity index (χ0) is 12.4. The second-order valence-corrected chi connectivity index (χ2v) is 5.09. The summed E-state index contributed by atoms with van der Waals surface area (Å²) in [6.07, 6.45) is 0. The third kappa shape index (κ3) is 2.21. The Morgan fingerprint density at radius 2 is 2.00 bits per heavy atom. The molecule has 0 aliphatic carbocycles. The maximum Gasteiger partial charge on any atom is 0.351 e. The molecule has 1 N–H and O–H groups in total. The van der Waals surface area contributed by atoms with Crippen LogP contribution in [0.1, 0.15) is 9.67 Å². The van der Waals surface area contributed by atoms with E-state index in [0.29, 0.717) is 4.47 Å². The lowest BCUT2D eigenvalue weighted by molar-refractivity contribution is 0.0603. The molecule has 0 amide bonds. The van der Waals surface area contributed by atoms with E-state index in [0.717, 1.165) is 10.4 Å². The minimum absolute atomic E-state index is 0.0688. The molecule has 0 unspecified atom stereocenters. The molecule has 0 aliphatic heterocycles. The third-order valence-corrected chi connectivity index (χ3v) is 4.48. The minimum atomic E-state index is -0.532. The Kier molecular flexibility index (Phi) is 3.49.